The minimum absolute atomic E-state index is 0.0349. The van der Waals surface area contributed by atoms with Crippen LogP contribution < -0.4 is 19.7 Å². The first-order chi connectivity index (χ1) is 12.5. The summed E-state index contributed by atoms with van der Waals surface area (Å²) in [6.45, 7) is 2.32. The van der Waals surface area contributed by atoms with E-state index >= 15 is 0 Å². The van der Waals surface area contributed by atoms with Gasteiger partial charge in [0.2, 0.25) is 5.91 Å². The molecular formula is C20H22N2O4. The summed E-state index contributed by atoms with van der Waals surface area (Å²) in [6.07, 6.45) is 0.270. The predicted octanol–water partition coefficient (Wildman–Crippen LogP) is 2.55. The van der Waals surface area contributed by atoms with Gasteiger partial charge in [0.1, 0.15) is 0 Å². The lowest BCUT2D eigenvalue weighted by Gasteiger charge is -2.19. The van der Waals surface area contributed by atoms with Crippen molar-refractivity contribution >= 4 is 17.5 Å². The molecule has 26 heavy (non-hydrogen) atoms. The van der Waals surface area contributed by atoms with Crippen molar-refractivity contribution in [3.63, 3.8) is 0 Å². The van der Waals surface area contributed by atoms with Crippen molar-refractivity contribution < 1.29 is 19.1 Å². The number of benzene rings is 2. The first-order valence-electron chi connectivity index (χ1n) is 8.42. The van der Waals surface area contributed by atoms with Gasteiger partial charge in [-0.1, -0.05) is 18.2 Å². The molecule has 0 spiro atoms. The largest absolute Gasteiger partial charge is 0.493 e. The van der Waals surface area contributed by atoms with E-state index in [1.807, 2.05) is 31.2 Å². The summed E-state index contributed by atoms with van der Waals surface area (Å²) in [5.74, 6) is 0.972. The number of carbonyl (C=O) groups excluding carboxylic acids is 2. The molecule has 1 aliphatic heterocycles. The Morgan fingerprint density at radius 2 is 1.85 bits per heavy atom. The fraction of sp³-hybridized carbons (Fsp3) is 0.300. The van der Waals surface area contributed by atoms with Crippen LogP contribution in [-0.4, -0.2) is 38.6 Å². The molecule has 0 aliphatic carbocycles. The molecule has 6 heteroatoms. The summed E-state index contributed by atoms with van der Waals surface area (Å²) in [5, 5.41) is 2.96. The molecule has 0 bridgehead atoms. The molecule has 1 saturated heterocycles. The van der Waals surface area contributed by atoms with E-state index < -0.39 is 0 Å². The molecule has 1 aliphatic rings. The van der Waals surface area contributed by atoms with Crippen molar-refractivity contribution in [2.75, 3.05) is 25.7 Å². The third-order valence-corrected chi connectivity index (χ3v) is 4.53. The lowest BCUT2D eigenvalue weighted by molar-refractivity contribution is -0.117. The molecule has 1 N–H and O–H groups in total. The third-order valence-electron chi connectivity index (χ3n) is 4.53. The topological polar surface area (TPSA) is 67.9 Å². The van der Waals surface area contributed by atoms with E-state index in [2.05, 4.69) is 5.32 Å². The molecule has 0 unspecified atom stereocenters. The Morgan fingerprint density at radius 3 is 2.54 bits per heavy atom. The number of hydrogen-bond donors (Lipinski definition) is 1. The number of nitrogens with one attached hydrogen (secondary N) is 1. The van der Waals surface area contributed by atoms with E-state index in [1.165, 1.54) is 0 Å². The highest BCUT2D eigenvalue weighted by Gasteiger charge is 2.32. The second kappa shape index (κ2) is 7.47. The Labute approximate surface area is 152 Å². The van der Waals surface area contributed by atoms with Gasteiger partial charge >= 0.3 is 0 Å². The molecule has 3 rings (SSSR count). The maximum absolute atomic E-state index is 12.5. The Morgan fingerprint density at radius 1 is 1.12 bits per heavy atom. The van der Waals surface area contributed by atoms with Crippen LogP contribution >= 0.6 is 0 Å². The number of anilines is 1. The van der Waals surface area contributed by atoms with E-state index in [4.69, 9.17) is 9.47 Å². The molecule has 1 atom stereocenters. The number of carbonyl (C=O) groups is 2. The van der Waals surface area contributed by atoms with Crippen LogP contribution in [-0.2, 0) is 4.79 Å². The highest BCUT2D eigenvalue weighted by atomic mass is 16.5. The van der Waals surface area contributed by atoms with E-state index in [-0.39, 0.29) is 24.3 Å². The fourth-order valence-corrected chi connectivity index (χ4v) is 3.14. The summed E-state index contributed by atoms with van der Waals surface area (Å²) < 4.78 is 10.5. The molecule has 136 valence electrons. The quantitative estimate of drug-likeness (QED) is 0.896. The van der Waals surface area contributed by atoms with Crippen LogP contribution in [0.1, 0.15) is 22.3 Å². The van der Waals surface area contributed by atoms with Crippen LogP contribution in [0.4, 0.5) is 5.69 Å². The Kier molecular flexibility index (Phi) is 5.11. The zero-order valence-electron chi connectivity index (χ0n) is 15.1. The number of rotatable bonds is 5. The van der Waals surface area contributed by atoms with Crippen molar-refractivity contribution in [2.24, 2.45) is 0 Å². The van der Waals surface area contributed by atoms with Crippen molar-refractivity contribution in [1.82, 2.24) is 5.32 Å². The zero-order chi connectivity index (χ0) is 18.7. The normalized spacial score (nSPS) is 16.5. The van der Waals surface area contributed by atoms with Crippen LogP contribution in [0.25, 0.3) is 0 Å². The van der Waals surface area contributed by atoms with Gasteiger partial charge in [0.05, 0.1) is 20.3 Å². The van der Waals surface area contributed by atoms with Gasteiger partial charge in [0.15, 0.2) is 11.5 Å². The lowest BCUT2D eigenvalue weighted by atomic mass is 10.1. The van der Waals surface area contributed by atoms with Gasteiger partial charge in [-0.2, -0.15) is 0 Å². The maximum atomic E-state index is 12.5. The van der Waals surface area contributed by atoms with Crippen molar-refractivity contribution in [3.8, 4) is 11.5 Å². The lowest BCUT2D eigenvalue weighted by Crippen LogP contribution is -2.37. The van der Waals surface area contributed by atoms with Gasteiger partial charge in [-0.15, -0.1) is 0 Å². The molecule has 2 aromatic rings. The van der Waals surface area contributed by atoms with Crippen molar-refractivity contribution in [2.45, 2.75) is 19.4 Å². The number of aryl methyl sites for hydroxylation is 1. The van der Waals surface area contributed by atoms with Gasteiger partial charge in [-0.3, -0.25) is 9.59 Å². The molecule has 1 fully saturated rings. The zero-order valence-corrected chi connectivity index (χ0v) is 15.1. The summed E-state index contributed by atoms with van der Waals surface area (Å²) >= 11 is 0. The van der Waals surface area contributed by atoms with E-state index in [1.54, 1.807) is 37.3 Å². The van der Waals surface area contributed by atoms with Crippen LogP contribution in [0.15, 0.2) is 42.5 Å². The maximum Gasteiger partial charge on any atom is 0.251 e. The second-order valence-electron chi connectivity index (χ2n) is 6.23. The predicted molar refractivity (Wildman–Crippen MR) is 98.9 cm³/mol. The molecule has 2 amide bonds. The summed E-state index contributed by atoms with van der Waals surface area (Å²) in [5.41, 5.74) is 2.26. The monoisotopic (exact) mass is 354 g/mol. The minimum atomic E-state index is -0.234. The standard InChI is InChI=1S/C20H22N2O4/c1-13-6-4-5-7-16(13)20(24)21-14-10-19(23)22(12-14)15-8-9-17(25-2)18(11-15)26-3/h4-9,11,14H,10,12H2,1-3H3,(H,21,24)/t14-/m1/s1. The molecule has 0 radical (unpaired) electrons. The molecule has 0 saturated carbocycles. The van der Waals surface area contributed by atoms with Crippen LogP contribution in [0, 0.1) is 6.92 Å². The number of methoxy groups -OCH3 is 2. The number of hydrogen-bond acceptors (Lipinski definition) is 4. The Hall–Kier alpha value is -3.02. The highest BCUT2D eigenvalue weighted by molar-refractivity contribution is 5.99. The average molecular weight is 354 g/mol. The van der Waals surface area contributed by atoms with E-state index in [9.17, 15) is 9.59 Å². The van der Waals surface area contributed by atoms with Crippen molar-refractivity contribution in [1.29, 1.82) is 0 Å². The first kappa shape index (κ1) is 17.8. The van der Waals surface area contributed by atoms with Crippen LogP contribution in [0.2, 0.25) is 0 Å². The number of ether oxygens (including phenoxy) is 2. The van der Waals surface area contributed by atoms with Gasteiger partial charge in [-0.25, -0.2) is 0 Å². The minimum Gasteiger partial charge on any atom is -0.493 e. The van der Waals surface area contributed by atoms with Gasteiger partial charge in [0, 0.05) is 30.3 Å². The second-order valence-corrected chi connectivity index (χ2v) is 6.23. The first-order valence-corrected chi connectivity index (χ1v) is 8.42. The molecule has 6 nitrogen and oxygen atoms in total. The fourth-order valence-electron chi connectivity index (χ4n) is 3.14. The van der Waals surface area contributed by atoms with Gasteiger partial charge in [-0.05, 0) is 30.7 Å². The average Bonchev–Trinajstić information content (AvgIpc) is 3.01. The van der Waals surface area contributed by atoms with Gasteiger partial charge in [0.25, 0.3) is 5.91 Å². The SMILES string of the molecule is COc1ccc(N2C[C@H](NC(=O)c3ccccc3C)CC2=O)cc1OC. The van der Waals surface area contributed by atoms with Crippen molar-refractivity contribution in [3.05, 3.63) is 53.6 Å². The third kappa shape index (κ3) is 3.49. The number of amides is 2. The summed E-state index contributed by atoms with van der Waals surface area (Å²) in [6, 6.07) is 12.5. The smallest absolute Gasteiger partial charge is 0.251 e. The number of nitrogens with zero attached hydrogens (tertiary/aromatic N) is 1. The summed E-state index contributed by atoms with van der Waals surface area (Å²) in [4.78, 5) is 26.6. The molecular weight excluding hydrogens is 332 g/mol. The highest BCUT2D eigenvalue weighted by Crippen LogP contribution is 2.33. The molecule has 0 aromatic heterocycles. The van der Waals surface area contributed by atoms with Gasteiger partial charge < -0.3 is 19.7 Å². The Balaban J connectivity index is 1.73. The van der Waals surface area contributed by atoms with Crippen LogP contribution in [0.3, 0.4) is 0 Å². The van der Waals surface area contributed by atoms with Crippen LogP contribution in [0.5, 0.6) is 11.5 Å². The van der Waals surface area contributed by atoms with E-state index in [0.29, 0.717) is 23.6 Å². The Bertz CT molecular complexity index is 834. The van der Waals surface area contributed by atoms with E-state index in [0.717, 1.165) is 11.3 Å². The summed E-state index contributed by atoms with van der Waals surface area (Å²) in [7, 11) is 3.12. The molecule has 2 aromatic carbocycles. The molecule has 1 heterocycles.